The van der Waals surface area contributed by atoms with Crippen LogP contribution in [-0.2, 0) is 30.2 Å². The van der Waals surface area contributed by atoms with Gasteiger partial charge in [-0.1, -0.05) is 19.1 Å². The lowest BCUT2D eigenvalue weighted by Crippen LogP contribution is -2.20. The van der Waals surface area contributed by atoms with Crippen molar-refractivity contribution in [3.8, 4) is 23.3 Å². The van der Waals surface area contributed by atoms with Gasteiger partial charge in [0.1, 0.15) is 28.2 Å². The molecule has 2 aromatic heterocycles. The van der Waals surface area contributed by atoms with Crippen LogP contribution in [0, 0.1) is 11.3 Å². The molecule has 0 spiro atoms. The molecule has 0 atom stereocenters. The van der Waals surface area contributed by atoms with E-state index in [4.69, 9.17) is 13.9 Å². The summed E-state index contributed by atoms with van der Waals surface area (Å²) in [4.78, 5) is 26.6. The topological polar surface area (TPSA) is 102 Å². The molecule has 0 fully saturated rings. The van der Waals surface area contributed by atoms with Crippen molar-refractivity contribution in [2.24, 2.45) is 0 Å². The molecule has 1 N–H and O–H groups in total. The zero-order valence-electron chi connectivity index (χ0n) is 20.6. The van der Waals surface area contributed by atoms with Crippen LogP contribution in [0.1, 0.15) is 40.7 Å². The van der Waals surface area contributed by atoms with Gasteiger partial charge in [0.25, 0.3) is 11.7 Å². The molecule has 0 saturated carbocycles. The summed E-state index contributed by atoms with van der Waals surface area (Å²) in [5, 5.41) is 12.4. The monoisotopic (exact) mass is 554 g/mol. The number of halogens is 3. The number of rotatable bonds is 7. The number of alkyl halides is 3. The number of amides is 1. The summed E-state index contributed by atoms with van der Waals surface area (Å²) >= 11 is 1.36. The number of benzene rings is 2. The first-order valence-electron chi connectivity index (χ1n) is 12.1. The summed E-state index contributed by atoms with van der Waals surface area (Å²) in [5.41, 5.74) is 0.995. The van der Waals surface area contributed by atoms with Crippen LogP contribution in [0.5, 0.6) is 17.2 Å². The molecule has 0 unspecified atom stereocenters. The quantitative estimate of drug-likeness (QED) is 0.276. The van der Waals surface area contributed by atoms with Crippen molar-refractivity contribution < 1.29 is 31.9 Å². The zero-order chi connectivity index (χ0) is 27.7. The number of carbonyl (C=O) groups excluding carboxylic acids is 1. The van der Waals surface area contributed by atoms with Crippen molar-refractivity contribution in [3.63, 3.8) is 0 Å². The van der Waals surface area contributed by atoms with E-state index in [1.807, 2.05) is 6.92 Å². The van der Waals surface area contributed by atoms with Crippen LogP contribution in [0.4, 0.5) is 18.2 Å². The third-order valence-electron chi connectivity index (χ3n) is 6.29. The molecule has 0 bridgehead atoms. The predicted molar refractivity (Wildman–Crippen MR) is 139 cm³/mol. The Labute approximate surface area is 224 Å². The Morgan fingerprint density at radius 2 is 1.90 bits per heavy atom. The minimum absolute atomic E-state index is 0.0203. The van der Waals surface area contributed by atoms with Crippen molar-refractivity contribution in [2.75, 3.05) is 11.9 Å². The average Bonchev–Trinajstić information content (AvgIpc) is 3.49. The van der Waals surface area contributed by atoms with E-state index in [9.17, 15) is 28.0 Å². The van der Waals surface area contributed by atoms with Crippen LogP contribution in [0.2, 0.25) is 0 Å². The minimum atomic E-state index is -5.01. The molecule has 0 radical (unpaired) electrons. The maximum absolute atomic E-state index is 13.8. The smallest absolute Gasteiger partial charge is 0.453 e. The first-order valence-corrected chi connectivity index (χ1v) is 12.9. The molecule has 1 aliphatic rings. The molecule has 1 amide bonds. The van der Waals surface area contributed by atoms with E-state index in [2.05, 4.69) is 11.4 Å². The summed E-state index contributed by atoms with van der Waals surface area (Å²) < 4.78 is 57.4. The van der Waals surface area contributed by atoms with Gasteiger partial charge in [-0.2, -0.15) is 18.4 Å². The van der Waals surface area contributed by atoms with Gasteiger partial charge in [0.15, 0.2) is 6.61 Å². The van der Waals surface area contributed by atoms with Crippen molar-refractivity contribution in [3.05, 3.63) is 80.0 Å². The van der Waals surface area contributed by atoms with Crippen molar-refractivity contribution in [2.45, 2.75) is 38.8 Å². The number of hydrogen-bond donors (Lipinski definition) is 1. The number of ether oxygens (including phenoxy) is 2. The maximum atomic E-state index is 13.8. The molecule has 5 rings (SSSR count). The fraction of sp³-hybridized carbons (Fsp3) is 0.250. The number of fused-ring (bicyclic) bond motifs is 2. The van der Waals surface area contributed by atoms with Crippen LogP contribution in [0.25, 0.3) is 11.0 Å². The van der Waals surface area contributed by atoms with Crippen molar-refractivity contribution in [1.82, 2.24) is 0 Å². The van der Waals surface area contributed by atoms with Gasteiger partial charge in [0.2, 0.25) is 11.2 Å². The standard InChI is InChI=1S/C28H21F3N2O5S/c1-2-15-6-8-16(9-7-15)37-25-24(35)19-11-10-17(12-21(19)38-26(25)28(29,30)31)36-14-23(34)33-27-20(13-32)18-4-3-5-22(18)39-27/h6-12H,2-5,14H2,1H3,(H,33,34). The largest absolute Gasteiger partial charge is 0.484 e. The number of thiophene rings is 1. The summed E-state index contributed by atoms with van der Waals surface area (Å²) in [5.74, 6) is -3.01. The van der Waals surface area contributed by atoms with Gasteiger partial charge in [-0.25, -0.2) is 0 Å². The number of anilines is 1. The van der Waals surface area contributed by atoms with E-state index in [0.717, 1.165) is 47.8 Å². The summed E-state index contributed by atoms with van der Waals surface area (Å²) in [6.07, 6.45) is -1.65. The van der Waals surface area contributed by atoms with E-state index in [1.54, 1.807) is 12.1 Å². The van der Waals surface area contributed by atoms with Crippen LogP contribution >= 0.6 is 11.3 Å². The second-order valence-corrected chi connectivity index (χ2v) is 9.96. The number of nitriles is 1. The number of aryl methyl sites for hydroxylation is 2. The number of nitrogens with zero attached hydrogens (tertiary/aromatic N) is 1. The Kier molecular flexibility index (Phi) is 7.06. The summed E-state index contributed by atoms with van der Waals surface area (Å²) in [7, 11) is 0. The highest BCUT2D eigenvalue weighted by Gasteiger charge is 2.40. The molecule has 4 aromatic rings. The van der Waals surface area contributed by atoms with Gasteiger partial charge in [-0.05, 0) is 61.1 Å². The lowest BCUT2D eigenvalue weighted by Gasteiger charge is -2.14. The van der Waals surface area contributed by atoms with Gasteiger partial charge in [-0.3, -0.25) is 9.59 Å². The van der Waals surface area contributed by atoms with Gasteiger partial charge in [0.05, 0.1) is 10.9 Å². The molecule has 200 valence electrons. The second kappa shape index (κ2) is 10.5. The van der Waals surface area contributed by atoms with Crippen molar-refractivity contribution >= 4 is 33.2 Å². The Balaban J connectivity index is 1.37. The SMILES string of the molecule is CCc1ccc(Oc2c(C(F)(F)F)oc3cc(OCC(=O)Nc4sc5c(c4C#N)CCC5)ccc3c2=O)cc1. The molecule has 0 aliphatic heterocycles. The molecule has 2 heterocycles. The van der Waals surface area contributed by atoms with E-state index in [-0.39, 0.29) is 22.5 Å². The fourth-order valence-corrected chi connectivity index (χ4v) is 5.61. The minimum Gasteiger partial charge on any atom is -0.484 e. The normalized spacial score (nSPS) is 12.7. The van der Waals surface area contributed by atoms with Gasteiger partial charge in [-0.15, -0.1) is 11.3 Å². The van der Waals surface area contributed by atoms with Gasteiger partial charge >= 0.3 is 6.18 Å². The average molecular weight is 555 g/mol. The second-order valence-electron chi connectivity index (χ2n) is 8.85. The molecular weight excluding hydrogens is 533 g/mol. The highest BCUT2D eigenvalue weighted by atomic mass is 32.1. The van der Waals surface area contributed by atoms with E-state index >= 15 is 0 Å². The first-order chi connectivity index (χ1) is 18.7. The Morgan fingerprint density at radius 1 is 1.15 bits per heavy atom. The van der Waals surface area contributed by atoms with Crippen LogP contribution < -0.4 is 20.2 Å². The fourth-order valence-electron chi connectivity index (χ4n) is 4.36. The number of hydrogen-bond acceptors (Lipinski definition) is 7. The van der Waals surface area contributed by atoms with Crippen LogP contribution in [0.15, 0.2) is 51.7 Å². The molecular formula is C28H21F3N2O5S. The summed E-state index contributed by atoms with van der Waals surface area (Å²) in [6.45, 7) is 1.46. The number of nitrogens with one attached hydrogen (secondary N) is 1. The maximum Gasteiger partial charge on any atom is 0.453 e. The highest BCUT2D eigenvalue weighted by molar-refractivity contribution is 7.16. The molecule has 0 saturated heterocycles. The lowest BCUT2D eigenvalue weighted by molar-refractivity contribution is -0.154. The third-order valence-corrected chi connectivity index (χ3v) is 7.49. The number of carbonyl (C=O) groups is 1. The van der Waals surface area contributed by atoms with Gasteiger partial charge < -0.3 is 19.2 Å². The Morgan fingerprint density at radius 3 is 2.59 bits per heavy atom. The molecule has 1 aliphatic carbocycles. The van der Waals surface area contributed by atoms with E-state index in [0.29, 0.717) is 10.6 Å². The zero-order valence-corrected chi connectivity index (χ0v) is 21.4. The van der Waals surface area contributed by atoms with Crippen LogP contribution in [-0.4, -0.2) is 12.5 Å². The first kappa shape index (κ1) is 26.3. The summed E-state index contributed by atoms with van der Waals surface area (Å²) in [6, 6.07) is 12.2. The van der Waals surface area contributed by atoms with Gasteiger partial charge in [0, 0.05) is 10.9 Å². The molecule has 7 nitrogen and oxygen atoms in total. The highest BCUT2D eigenvalue weighted by Crippen LogP contribution is 2.40. The Bertz CT molecular complexity index is 1670. The molecule has 39 heavy (non-hydrogen) atoms. The Hall–Kier alpha value is -4.30. The predicted octanol–water partition coefficient (Wildman–Crippen LogP) is 6.61. The lowest BCUT2D eigenvalue weighted by atomic mass is 10.1. The molecule has 11 heteroatoms. The molecule has 2 aromatic carbocycles. The van der Waals surface area contributed by atoms with E-state index < -0.39 is 35.6 Å². The van der Waals surface area contributed by atoms with Crippen LogP contribution in [0.3, 0.4) is 0 Å². The third kappa shape index (κ3) is 5.33. The van der Waals surface area contributed by atoms with E-state index in [1.165, 1.54) is 35.6 Å². The van der Waals surface area contributed by atoms with Crippen molar-refractivity contribution in [1.29, 1.82) is 5.26 Å².